The molecule has 0 saturated carbocycles. The standard InChI is InChI=1S/C25H21F2N3O3.C23H18F2N4O2.C23H17F2N3O3.CH4.Na.H2O.U.V/c1-3-33-25(32)20-15-30(18-8-6-17(26)7-9-18)22-12-21(27)23(11-19(22)24(20)31)29(2)14-16-5-4-10-28-13-16;1-28(12-14-3-2-8-27-11-14)21-9-17-20(10-19(21)25)29(13-18(22(17)30)23(26)31)16-6-4-15(24)5-7-16;1-27(12-14-3-2-8-26-11-14)21-9-17-20(10-19(21)25)28(13-18(22(17)29)23(30)31)16-6-4-15(24)5-7-16;;;;;/h4-13,15H,3,14H2,1-2H3;2-11,13H,12H2,1H3,(H2,26,31);2-11,13H,12H2,1H3,(H,30,31);1H4;;1H2;;/q;;;;+1;;;/p-1. The zero-order valence-electron chi connectivity index (χ0n) is 53.5. The van der Waals surface area contributed by atoms with Crippen LogP contribution < -0.4 is 66.3 Å². The fourth-order valence-corrected chi connectivity index (χ4v) is 10.6. The number of aromatic carboxylic acids is 1. The SMILES string of the molecule is C.CCOC(=O)c1cn(-c2ccc(F)cc2)c2cc(F)c(N(C)Cc3cccnc3)cc2c1=O.CN(Cc1cccnc1)c1cc2c(=O)c(C(=O)O)cn(-c3ccc(F)cc3)c2cc1F.CN(Cc1cccnc1)c1cc2c(=O)c(C(N)=O)cn(-c3ccc(F)cc3)c2cc1F.[Na+].[OH-].[U].[V]. The van der Waals surface area contributed by atoms with Crippen LogP contribution >= 0.6 is 0 Å². The molecular formula is C72H61F6N10NaO9UV. The molecule has 0 bridgehead atoms. The quantitative estimate of drug-likeness (QED) is 0.0519. The van der Waals surface area contributed by atoms with E-state index in [-0.39, 0.29) is 160 Å². The van der Waals surface area contributed by atoms with Crippen molar-refractivity contribution < 1.29 is 135 Å². The molecule has 12 rings (SSSR count). The van der Waals surface area contributed by atoms with Crippen molar-refractivity contribution in [2.24, 2.45) is 5.73 Å². The fraction of sp³-hybridized carbons (Fsp3) is 0.125. The molecular weight excluding hydrogens is 1570 g/mol. The maximum absolute atomic E-state index is 15.2. The van der Waals surface area contributed by atoms with Gasteiger partial charge in [0.1, 0.15) is 51.6 Å². The van der Waals surface area contributed by atoms with Gasteiger partial charge in [-0.05, 0) is 133 Å². The van der Waals surface area contributed by atoms with E-state index in [1.165, 1.54) is 135 Å². The Morgan fingerprint density at radius 1 is 0.490 bits per heavy atom. The number of aromatic nitrogens is 6. The second kappa shape index (κ2) is 35.9. The van der Waals surface area contributed by atoms with Crippen LogP contribution in [0, 0.1) is 66.0 Å². The number of carbonyl (C=O) groups excluding carboxylic acids is 2. The number of pyridine rings is 6. The molecule has 0 atom stereocenters. The molecule has 0 aliphatic carbocycles. The van der Waals surface area contributed by atoms with Crippen LogP contribution in [0.2, 0.25) is 0 Å². The molecule has 1 amide bonds. The minimum atomic E-state index is -1.41. The summed E-state index contributed by atoms with van der Waals surface area (Å²) in [4.78, 5) is 92.1. The van der Waals surface area contributed by atoms with Gasteiger partial charge in [-0.15, -0.1) is 0 Å². The van der Waals surface area contributed by atoms with Crippen LogP contribution in [0.15, 0.2) is 216 Å². The van der Waals surface area contributed by atoms with Crippen molar-refractivity contribution in [2.75, 3.05) is 42.4 Å². The van der Waals surface area contributed by atoms with Crippen molar-refractivity contribution >= 4 is 67.6 Å². The van der Waals surface area contributed by atoms with Crippen LogP contribution in [-0.4, -0.2) is 84.8 Å². The van der Waals surface area contributed by atoms with E-state index < -0.39 is 74.6 Å². The van der Waals surface area contributed by atoms with E-state index in [4.69, 9.17) is 10.5 Å². The molecule has 19 nitrogen and oxygen atoms in total. The summed E-state index contributed by atoms with van der Waals surface area (Å²) < 4.78 is 94.9. The van der Waals surface area contributed by atoms with Gasteiger partial charge >= 0.3 is 41.5 Å². The van der Waals surface area contributed by atoms with Crippen LogP contribution in [-0.2, 0) is 42.9 Å². The molecule has 6 heterocycles. The molecule has 0 aliphatic heterocycles. The van der Waals surface area contributed by atoms with Gasteiger partial charge in [0, 0.05) is 198 Å². The van der Waals surface area contributed by atoms with Gasteiger partial charge in [-0.2, -0.15) is 0 Å². The van der Waals surface area contributed by atoms with Crippen molar-refractivity contribution in [3.63, 3.8) is 0 Å². The Morgan fingerprint density at radius 3 is 1.06 bits per heavy atom. The van der Waals surface area contributed by atoms with Crippen LogP contribution in [0.5, 0.6) is 0 Å². The number of primary amides is 1. The maximum atomic E-state index is 15.2. The van der Waals surface area contributed by atoms with Gasteiger partial charge in [-0.3, -0.25) is 34.1 Å². The monoisotopic (exact) mass is 1640 g/mol. The average molecular weight is 1640 g/mol. The van der Waals surface area contributed by atoms with Crippen molar-refractivity contribution in [2.45, 2.75) is 34.0 Å². The van der Waals surface area contributed by atoms with Gasteiger partial charge in [0.25, 0.3) is 5.91 Å². The minimum Gasteiger partial charge on any atom is -0.870 e. The summed E-state index contributed by atoms with van der Waals surface area (Å²) in [6.07, 6.45) is 13.6. The number of carboxylic acid groups (broad SMARTS) is 1. The Labute approximate surface area is 626 Å². The molecule has 4 N–H and O–H groups in total. The Morgan fingerprint density at radius 2 is 0.780 bits per heavy atom. The fourth-order valence-electron chi connectivity index (χ4n) is 10.6. The molecule has 0 aliphatic rings. The third kappa shape index (κ3) is 18.4. The van der Waals surface area contributed by atoms with E-state index in [9.17, 15) is 47.0 Å². The molecule has 0 saturated heterocycles. The zero-order valence-corrected chi connectivity index (χ0v) is 61.0. The number of amides is 1. The number of carboxylic acids is 1. The number of halogens is 6. The van der Waals surface area contributed by atoms with E-state index in [1.54, 1.807) is 98.1 Å². The van der Waals surface area contributed by atoms with Gasteiger partial charge in [0.15, 0.2) is 0 Å². The van der Waals surface area contributed by atoms with Gasteiger partial charge in [-0.1, -0.05) is 25.6 Å². The zero-order chi connectivity index (χ0) is 67.8. The first-order valence-corrected chi connectivity index (χ1v) is 29.0. The van der Waals surface area contributed by atoms with Gasteiger partial charge in [0.05, 0.1) is 40.2 Å². The number of carbonyl (C=O) groups is 3. The summed E-state index contributed by atoms with van der Waals surface area (Å²) in [5, 5.41) is 9.80. The average Bonchev–Trinajstić information content (AvgIpc) is 0.770. The molecule has 6 aromatic carbocycles. The van der Waals surface area contributed by atoms with E-state index in [1.807, 2.05) is 18.2 Å². The Balaban J connectivity index is 0.000000264. The Hall–Kier alpha value is -9.61. The number of ether oxygens (including phenoxy) is 1. The maximum Gasteiger partial charge on any atom is 1.00 e. The van der Waals surface area contributed by atoms with Crippen molar-refractivity contribution in [3.05, 3.63) is 300 Å². The van der Waals surface area contributed by atoms with Crippen LogP contribution in [0.1, 0.15) is 62.1 Å². The first-order valence-electron chi connectivity index (χ1n) is 29.0. The molecule has 1 radical (unpaired) electrons. The third-order valence-electron chi connectivity index (χ3n) is 15.2. The summed E-state index contributed by atoms with van der Waals surface area (Å²) in [5.74, 6) is -6.15. The Kier molecular flexibility index (Phi) is 29.1. The number of anilines is 3. The van der Waals surface area contributed by atoms with Gasteiger partial charge < -0.3 is 49.5 Å². The van der Waals surface area contributed by atoms with Crippen LogP contribution in [0.25, 0.3) is 49.8 Å². The summed E-state index contributed by atoms with van der Waals surface area (Å²) in [5.41, 5.74) is 7.64. The number of benzene rings is 6. The first kappa shape index (κ1) is 81.1. The number of nitrogens with two attached hydrogens (primary N) is 1. The summed E-state index contributed by atoms with van der Waals surface area (Å²) in [6.45, 7) is 2.78. The van der Waals surface area contributed by atoms with Crippen LogP contribution in [0.4, 0.5) is 43.4 Å². The predicted octanol–water partition coefficient (Wildman–Crippen LogP) is 9.34. The molecule has 6 aromatic heterocycles. The number of hydrogen-bond donors (Lipinski definition) is 2. The van der Waals surface area contributed by atoms with Crippen LogP contribution in [0.3, 0.4) is 0 Å². The number of esters is 1. The molecule has 12 aromatic rings. The van der Waals surface area contributed by atoms with E-state index in [2.05, 4.69) is 15.0 Å². The summed E-state index contributed by atoms with van der Waals surface area (Å²) in [7, 11) is 5.05. The minimum absolute atomic E-state index is 0. The van der Waals surface area contributed by atoms with Crippen molar-refractivity contribution in [3.8, 4) is 17.1 Å². The normalized spacial score (nSPS) is 10.4. The van der Waals surface area contributed by atoms with Gasteiger partial charge in [0.2, 0.25) is 16.3 Å². The second-order valence-electron chi connectivity index (χ2n) is 21.7. The third-order valence-corrected chi connectivity index (χ3v) is 15.2. The molecule has 505 valence electrons. The summed E-state index contributed by atoms with van der Waals surface area (Å²) in [6, 6.07) is 34.8. The second-order valence-corrected chi connectivity index (χ2v) is 21.7. The topological polar surface area (TPSA) is 251 Å². The number of hydrogen-bond acceptors (Lipinski definition) is 14. The molecule has 0 fully saturated rings. The van der Waals surface area contributed by atoms with Gasteiger partial charge in [-0.25, -0.2) is 35.9 Å². The molecule has 0 unspecified atom stereocenters. The van der Waals surface area contributed by atoms with E-state index >= 15 is 13.2 Å². The first-order chi connectivity index (χ1) is 45.6. The van der Waals surface area contributed by atoms with E-state index in [0.717, 1.165) is 22.9 Å². The van der Waals surface area contributed by atoms with Crippen molar-refractivity contribution in [1.29, 1.82) is 0 Å². The van der Waals surface area contributed by atoms with E-state index in [0.29, 0.717) is 36.7 Å². The number of fused-ring (bicyclic) bond motifs is 3. The molecule has 28 heteroatoms. The van der Waals surface area contributed by atoms with Crippen molar-refractivity contribution in [1.82, 2.24) is 28.7 Å². The Bertz CT molecular complexity index is 4870. The smallest absolute Gasteiger partial charge is 0.870 e. The largest absolute Gasteiger partial charge is 1.00 e. The number of nitrogens with zero attached hydrogens (tertiary/aromatic N) is 9. The molecule has 0 spiro atoms. The molecule has 100 heavy (non-hydrogen) atoms. The number of rotatable bonds is 16. The summed E-state index contributed by atoms with van der Waals surface area (Å²) >= 11 is 0. The predicted molar refractivity (Wildman–Crippen MR) is 358 cm³/mol.